The van der Waals surface area contributed by atoms with Gasteiger partial charge in [-0.25, -0.2) is 4.98 Å². The third-order valence-electron chi connectivity index (χ3n) is 3.68. The Hall–Kier alpha value is -2.01. The lowest BCUT2D eigenvalue weighted by molar-refractivity contribution is 0.355. The van der Waals surface area contributed by atoms with Crippen molar-refractivity contribution < 1.29 is 9.47 Å². The van der Waals surface area contributed by atoms with Crippen molar-refractivity contribution in [2.75, 3.05) is 20.8 Å². The van der Waals surface area contributed by atoms with Gasteiger partial charge in [-0.3, -0.25) is 0 Å². The Morgan fingerprint density at radius 2 is 2.00 bits per heavy atom. The Morgan fingerprint density at radius 1 is 1.20 bits per heavy atom. The first-order valence-corrected chi connectivity index (χ1v) is 6.75. The zero-order valence-electron chi connectivity index (χ0n) is 12.1. The number of benzene rings is 1. The second-order valence-electron chi connectivity index (χ2n) is 4.85. The lowest BCUT2D eigenvalue weighted by Gasteiger charge is -2.17. The summed E-state index contributed by atoms with van der Waals surface area (Å²) in [5.74, 6) is 2.48. The van der Waals surface area contributed by atoms with Crippen molar-refractivity contribution in [3.05, 3.63) is 35.4 Å². The highest BCUT2D eigenvalue weighted by Crippen LogP contribution is 2.31. The third kappa shape index (κ3) is 2.04. The molecular weight excluding hydrogens is 254 g/mol. The number of nitrogens with one attached hydrogen (secondary N) is 1. The summed E-state index contributed by atoms with van der Waals surface area (Å²) in [6, 6.07) is 5.97. The van der Waals surface area contributed by atoms with E-state index in [4.69, 9.17) is 9.47 Å². The number of aromatic nitrogens is 2. The molecule has 0 saturated carbocycles. The van der Waals surface area contributed by atoms with Gasteiger partial charge in [0, 0.05) is 31.3 Å². The number of methoxy groups -OCH3 is 2. The van der Waals surface area contributed by atoms with Crippen LogP contribution in [0.3, 0.4) is 0 Å². The Balaban J connectivity index is 2.11. The van der Waals surface area contributed by atoms with Crippen LogP contribution in [0.4, 0.5) is 0 Å². The number of ether oxygens (including phenoxy) is 2. The zero-order chi connectivity index (χ0) is 14.1. The molecule has 0 spiro atoms. The van der Waals surface area contributed by atoms with Gasteiger partial charge in [0.2, 0.25) is 0 Å². The van der Waals surface area contributed by atoms with E-state index in [-0.39, 0.29) is 0 Å². The predicted octanol–water partition coefficient (Wildman–Crippen LogP) is 1.84. The summed E-state index contributed by atoms with van der Waals surface area (Å²) in [5.41, 5.74) is 3.49. The summed E-state index contributed by atoms with van der Waals surface area (Å²) in [5, 5.41) is 3.35. The first kappa shape index (κ1) is 13.0. The molecule has 5 nitrogen and oxygen atoms in total. The molecule has 2 aromatic rings. The number of rotatable bonds is 3. The molecule has 1 aromatic heterocycles. The van der Waals surface area contributed by atoms with Gasteiger partial charge in [-0.05, 0) is 19.1 Å². The van der Waals surface area contributed by atoms with Gasteiger partial charge in [0.1, 0.15) is 5.82 Å². The van der Waals surface area contributed by atoms with E-state index in [0.29, 0.717) is 0 Å². The van der Waals surface area contributed by atoms with Crippen molar-refractivity contribution in [1.82, 2.24) is 14.9 Å². The SMILES string of the molecule is COc1ccc(-n2c(C)nc3c2CCNC3)cc1OC. The van der Waals surface area contributed by atoms with Crippen molar-refractivity contribution >= 4 is 0 Å². The fourth-order valence-electron chi connectivity index (χ4n) is 2.75. The molecule has 0 aliphatic carbocycles. The van der Waals surface area contributed by atoms with Crippen LogP contribution in [0.25, 0.3) is 5.69 Å². The van der Waals surface area contributed by atoms with Crippen LogP contribution in [0.15, 0.2) is 18.2 Å². The van der Waals surface area contributed by atoms with E-state index in [2.05, 4.69) is 14.9 Å². The summed E-state index contributed by atoms with van der Waals surface area (Å²) in [4.78, 5) is 4.65. The molecule has 0 unspecified atom stereocenters. The van der Waals surface area contributed by atoms with E-state index in [9.17, 15) is 0 Å². The Kier molecular flexibility index (Phi) is 3.36. The van der Waals surface area contributed by atoms with Crippen LogP contribution >= 0.6 is 0 Å². The average molecular weight is 273 g/mol. The molecule has 106 valence electrons. The fourth-order valence-corrected chi connectivity index (χ4v) is 2.75. The standard InChI is InChI=1S/C15H19N3O2/c1-10-17-12-9-16-7-6-13(12)18(10)11-4-5-14(19-2)15(8-11)20-3/h4-5,8,16H,6-7,9H2,1-3H3. The van der Waals surface area contributed by atoms with Crippen LogP contribution in [0.1, 0.15) is 17.2 Å². The average Bonchev–Trinajstić information content (AvgIpc) is 2.82. The lowest BCUT2D eigenvalue weighted by atomic mass is 10.1. The van der Waals surface area contributed by atoms with Crippen LogP contribution in [-0.2, 0) is 13.0 Å². The maximum absolute atomic E-state index is 5.39. The molecule has 0 atom stereocenters. The lowest BCUT2D eigenvalue weighted by Crippen LogP contribution is -2.24. The van der Waals surface area contributed by atoms with E-state index >= 15 is 0 Å². The number of imidazole rings is 1. The molecular formula is C15H19N3O2. The number of nitrogens with zero attached hydrogens (tertiary/aromatic N) is 2. The first-order valence-electron chi connectivity index (χ1n) is 6.75. The minimum absolute atomic E-state index is 0.737. The highest BCUT2D eigenvalue weighted by molar-refractivity contribution is 5.50. The number of hydrogen-bond acceptors (Lipinski definition) is 4. The Labute approximate surface area is 118 Å². The largest absolute Gasteiger partial charge is 0.493 e. The molecule has 3 rings (SSSR count). The van der Waals surface area contributed by atoms with Gasteiger partial charge in [-0.1, -0.05) is 0 Å². The van der Waals surface area contributed by atoms with Crippen molar-refractivity contribution in [3.8, 4) is 17.2 Å². The number of aryl methyl sites for hydroxylation is 1. The summed E-state index contributed by atoms with van der Waals surface area (Å²) in [7, 11) is 3.30. The maximum atomic E-state index is 5.39. The van der Waals surface area contributed by atoms with E-state index in [1.807, 2.05) is 25.1 Å². The van der Waals surface area contributed by atoms with Gasteiger partial charge >= 0.3 is 0 Å². The topological polar surface area (TPSA) is 48.3 Å². The minimum atomic E-state index is 0.737. The van der Waals surface area contributed by atoms with Crippen molar-refractivity contribution in [2.24, 2.45) is 0 Å². The molecule has 2 heterocycles. The predicted molar refractivity (Wildman–Crippen MR) is 76.8 cm³/mol. The monoisotopic (exact) mass is 273 g/mol. The van der Waals surface area contributed by atoms with Crippen LogP contribution in [-0.4, -0.2) is 30.3 Å². The van der Waals surface area contributed by atoms with Crippen molar-refractivity contribution in [2.45, 2.75) is 19.9 Å². The molecule has 0 fully saturated rings. The normalized spacial score (nSPS) is 13.9. The van der Waals surface area contributed by atoms with Crippen LogP contribution in [0.2, 0.25) is 0 Å². The van der Waals surface area contributed by atoms with Crippen LogP contribution in [0.5, 0.6) is 11.5 Å². The molecule has 5 heteroatoms. The molecule has 0 radical (unpaired) electrons. The number of hydrogen-bond donors (Lipinski definition) is 1. The van der Waals surface area contributed by atoms with E-state index in [0.717, 1.165) is 48.2 Å². The zero-order valence-corrected chi connectivity index (χ0v) is 12.1. The molecule has 1 aliphatic rings. The molecule has 1 aromatic carbocycles. The van der Waals surface area contributed by atoms with Gasteiger partial charge in [-0.15, -0.1) is 0 Å². The minimum Gasteiger partial charge on any atom is -0.493 e. The van der Waals surface area contributed by atoms with E-state index in [1.54, 1.807) is 14.2 Å². The summed E-state index contributed by atoms with van der Waals surface area (Å²) >= 11 is 0. The molecule has 0 amide bonds. The van der Waals surface area contributed by atoms with Gasteiger partial charge < -0.3 is 19.4 Å². The summed E-state index contributed by atoms with van der Waals surface area (Å²) in [6.07, 6.45) is 0.991. The quantitative estimate of drug-likeness (QED) is 0.927. The molecule has 1 N–H and O–H groups in total. The van der Waals surface area contributed by atoms with Crippen LogP contribution < -0.4 is 14.8 Å². The molecule has 20 heavy (non-hydrogen) atoms. The Morgan fingerprint density at radius 3 is 2.75 bits per heavy atom. The second-order valence-corrected chi connectivity index (χ2v) is 4.85. The maximum Gasteiger partial charge on any atom is 0.162 e. The first-order chi connectivity index (χ1) is 9.74. The van der Waals surface area contributed by atoms with E-state index < -0.39 is 0 Å². The smallest absolute Gasteiger partial charge is 0.162 e. The van der Waals surface area contributed by atoms with Crippen LogP contribution in [0, 0.1) is 6.92 Å². The van der Waals surface area contributed by atoms with Crippen molar-refractivity contribution in [1.29, 1.82) is 0 Å². The summed E-state index contributed by atoms with van der Waals surface area (Å²) in [6.45, 7) is 3.87. The van der Waals surface area contributed by atoms with Gasteiger partial charge in [0.05, 0.1) is 25.6 Å². The molecule has 1 aliphatic heterocycles. The van der Waals surface area contributed by atoms with Gasteiger partial charge in [0.25, 0.3) is 0 Å². The van der Waals surface area contributed by atoms with Gasteiger partial charge in [0.15, 0.2) is 11.5 Å². The Bertz CT molecular complexity index is 634. The van der Waals surface area contributed by atoms with E-state index in [1.165, 1.54) is 5.69 Å². The molecule has 0 saturated heterocycles. The summed E-state index contributed by atoms with van der Waals surface area (Å²) < 4.78 is 12.9. The number of fused-ring (bicyclic) bond motifs is 1. The fraction of sp³-hybridized carbons (Fsp3) is 0.400. The van der Waals surface area contributed by atoms with Crippen molar-refractivity contribution in [3.63, 3.8) is 0 Å². The highest BCUT2D eigenvalue weighted by Gasteiger charge is 2.19. The third-order valence-corrected chi connectivity index (χ3v) is 3.68. The second kappa shape index (κ2) is 5.17. The van der Waals surface area contributed by atoms with Gasteiger partial charge in [-0.2, -0.15) is 0 Å². The molecule has 0 bridgehead atoms. The highest BCUT2D eigenvalue weighted by atomic mass is 16.5.